The van der Waals surface area contributed by atoms with Crippen LogP contribution in [-0.2, 0) is 11.3 Å². The van der Waals surface area contributed by atoms with Gasteiger partial charge >= 0.3 is 0 Å². The van der Waals surface area contributed by atoms with Crippen molar-refractivity contribution in [3.8, 4) is 0 Å². The average molecular weight is 439 g/mol. The van der Waals surface area contributed by atoms with Gasteiger partial charge in [0, 0.05) is 25.0 Å². The Bertz CT molecular complexity index is 1160. The zero-order chi connectivity index (χ0) is 23.3. The summed E-state index contributed by atoms with van der Waals surface area (Å²) in [5.41, 5.74) is 0.925. The zero-order valence-corrected chi connectivity index (χ0v) is 17.7. The Morgan fingerprint density at radius 1 is 0.969 bits per heavy atom. The standard InChI is InChI=1S/C24H23F2N3O3/c1-3-21(16-4-7-18(25)8-5-16)28(2)23(31)15-29-14-17(6-13-22(29)30)24(32)27-20-11-9-19(26)10-12-20/h4-14,21H,3,15H2,1-2H3,(H,27,32)/t21-/m0/s1. The number of aromatic nitrogens is 1. The highest BCUT2D eigenvalue weighted by Gasteiger charge is 2.21. The summed E-state index contributed by atoms with van der Waals surface area (Å²) in [6, 6.07) is 13.5. The minimum Gasteiger partial charge on any atom is -0.337 e. The van der Waals surface area contributed by atoms with Crippen molar-refractivity contribution in [2.24, 2.45) is 0 Å². The lowest BCUT2D eigenvalue weighted by molar-refractivity contribution is -0.132. The van der Waals surface area contributed by atoms with Gasteiger partial charge in [-0.2, -0.15) is 0 Å². The Kier molecular flexibility index (Phi) is 7.14. The van der Waals surface area contributed by atoms with Crippen LogP contribution in [0.25, 0.3) is 0 Å². The molecule has 0 unspecified atom stereocenters. The highest BCUT2D eigenvalue weighted by molar-refractivity contribution is 6.04. The van der Waals surface area contributed by atoms with Crippen molar-refractivity contribution in [2.75, 3.05) is 12.4 Å². The van der Waals surface area contributed by atoms with Gasteiger partial charge in [0.2, 0.25) is 5.91 Å². The lowest BCUT2D eigenvalue weighted by Gasteiger charge is -2.28. The van der Waals surface area contributed by atoms with E-state index in [1.165, 1.54) is 59.6 Å². The van der Waals surface area contributed by atoms with E-state index >= 15 is 0 Å². The SMILES string of the molecule is CC[C@@H](c1ccc(F)cc1)N(C)C(=O)Cn1cc(C(=O)Nc2ccc(F)cc2)ccc1=O. The minimum absolute atomic E-state index is 0.176. The van der Waals surface area contributed by atoms with Gasteiger partial charge in [0.15, 0.2) is 0 Å². The molecule has 8 heteroatoms. The summed E-state index contributed by atoms with van der Waals surface area (Å²) in [6.07, 6.45) is 1.91. The molecule has 0 radical (unpaired) electrons. The van der Waals surface area contributed by atoms with Gasteiger partial charge in [-0.05, 0) is 54.4 Å². The maximum absolute atomic E-state index is 13.2. The van der Waals surface area contributed by atoms with Crippen LogP contribution in [0.1, 0.15) is 35.3 Å². The molecule has 1 heterocycles. The summed E-state index contributed by atoms with van der Waals surface area (Å²) >= 11 is 0. The first-order chi connectivity index (χ1) is 15.3. The quantitative estimate of drug-likeness (QED) is 0.605. The molecule has 32 heavy (non-hydrogen) atoms. The van der Waals surface area contributed by atoms with Crippen LogP contribution < -0.4 is 10.9 Å². The summed E-state index contributed by atoms with van der Waals surface area (Å²) in [4.78, 5) is 39.1. The fourth-order valence-electron chi connectivity index (χ4n) is 3.37. The highest BCUT2D eigenvalue weighted by Crippen LogP contribution is 2.23. The molecule has 1 atom stereocenters. The number of pyridine rings is 1. The largest absolute Gasteiger partial charge is 0.337 e. The molecule has 1 aromatic heterocycles. The van der Waals surface area contributed by atoms with Crippen LogP contribution in [0.3, 0.4) is 0 Å². The molecule has 2 amide bonds. The molecule has 6 nitrogen and oxygen atoms in total. The van der Waals surface area contributed by atoms with E-state index in [1.54, 1.807) is 19.2 Å². The number of benzene rings is 2. The number of halogens is 2. The topological polar surface area (TPSA) is 71.4 Å². The van der Waals surface area contributed by atoms with Crippen molar-refractivity contribution in [2.45, 2.75) is 25.9 Å². The Morgan fingerprint density at radius 3 is 2.16 bits per heavy atom. The molecule has 0 aliphatic rings. The number of likely N-dealkylation sites (N-methyl/N-ethyl adjacent to an activating group) is 1. The predicted octanol–water partition coefficient (Wildman–Crippen LogP) is 3.99. The van der Waals surface area contributed by atoms with Gasteiger partial charge in [-0.1, -0.05) is 19.1 Å². The second-order valence-corrected chi connectivity index (χ2v) is 7.33. The van der Waals surface area contributed by atoms with Crippen molar-refractivity contribution in [1.82, 2.24) is 9.47 Å². The predicted molar refractivity (Wildman–Crippen MR) is 117 cm³/mol. The Balaban J connectivity index is 1.75. The number of hydrogen-bond donors (Lipinski definition) is 1. The number of anilines is 1. The molecule has 0 saturated carbocycles. The van der Waals surface area contributed by atoms with E-state index in [2.05, 4.69) is 5.32 Å². The Labute approximate surface area is 184 Å². The molecule has 0 fully saturated rings. The summed E-state index contributed by atoms with van der Waals surface area (Å²) in [5, 5.41) is 2.61. The van der Waals surface area contributed by atoms with Crippen molar-refractivity contribution in [3.63, 3.8) is 0 Å². The van der Waals surface area contributed by atoms with E-state index in [1.807, 2.05) is 6.92 Å². The molecule has 0 aliphatic carbocycles. The molecular formula is C24H23F2N3O3. The molecule has 166 valence electrons. The second kappa shape index (κ2) is 10.00. The van der Waals surface area contributed by atoms with Crippen LogP contribution >= 0.6 is 0 Å². The first-order valence-corrected chi connectivity index (χ1v) is 10.1. The van der Waals surface area contributed by atoms with Gasteiger partial charge in [-0.15, -0.1) is 0 Å². The Hall–Kier alpha value is -3.81. The van der Waals surface area contributed by atoms with E-state index in [9.17, 15) is 23.2 Å². The molecule has 2 aromatic carbocycles. The lowest BCUT2D eigenvalue weighted by atomic mass is 10.0. The lowest BCUT2D eigenvalue weighted by Crippen LogP contribution is -2.36. The fourth-order valence-corrected chi connectivity index (χ4v) is 3.37. The molecule has 0 spiro atoms. The summed E-state index contributed by atoms with van der Waals surface area (Å²) < 4.78 is 27.4. The maximum atomic E-state index is 13.2. The van der Waals surface area contributed by atoms with E-state index < -0.39 is 17.3 Å². The van der Waals surface area contributed by atoms with Gasteiger partial charge in [-0.3, -0.25) is 14.4 Å². The van der Waals surface area contributed by atoms with Gasteiger partial charge < -0.3 is 14.8 Å². The minimum atomic E-state index is -0.496. The zero-order valence-electron chi connectivity index (χ0n) is 17.7. The van der Waals surface area contributed by atoms with Crippen LogP contribution in [0.4, 0.5) is 14.5 Å². The number of carbonyl (C=O) groups is 2. The van der Waals surface area contributed by atoms with Crippen LogP contribution in [0.15, 0.2) is 71.7 Å². The number of amides is 2. The van der Waals surface area contributed by atoms with Gasteiger partial charge in [-0.25, -0.2) is 8.78 Å². The van der Waals surface area contributed by atoms with Gasteiger partial charge in [0.05, 0.1) is 11.6 Å². The summed E-state index contributed by atoms with van der Waals surface area (Å²) in [7, 11) is 1.62. The monoisotopic (exact) mass is 439 g/mol. The second-order valence-electron chi connectivity index (χ2n) is 7.33. The van der Waals surface area contributed by atoms with Crippen molar-refractivity contribution in [1.29, 1.82) is 0 Å². The van der Waals surface area contributed by atoms with Crippen LogP contribution in [0.2, 0.25) is 0 Å². The van der Waals surface area contributed by atoms with Gasteiger partial charge in [0.25, 0.3) is 11.5 Å². The molecule has 1 N–H and O–H groups in total. The molecule has 0 saturated heterocycles. The van der Waals surface area contributed by atoms with E-state index in [4.69, 9.17) is 0 Å². The molecule has 3 aromatic rings. The number of nitrogens with zero attached hydrogens (tertiary/aromatic N) is 2. The third kappa shape index (κ3) is 5.46. The first kappa shape index (κ1) is 22.9. The van der Waals surface area contributed by atoms with E-state index in [0.29, 0.717) is 12.1 Å². The summed E-state index contributed by atoms with van der Waals surface area (Å²) in [5.74, 6) is -1.62. The Morgan fingerprint density at radius 2 is 1.56 bits per heavy atom. The number of rotatable bonds is 7. The van der Waals surface area contributed by atoms with Crippen molar-refractivity contribution < 1.29 is 18.4 Å². The summed E-state index contributed by atoms with van der Waals surface area (Å²) in [6.45, 7) is 1.65. The number of nitrogens with one attached hydrogen (secondary N) is 1. The van der Waals surface area contributed by atoms with Crippen LogP contribution in [0.5, 0.6) is 0 Å². The fraction of sp³-hybridized carbons (Fsp3) is 0.208. The first-order valence-electron chi connectivity index (χ1n) is 10.1. The normalized spacial score (nSPS) is 11.6. The van der Waals surface area contributed by atoms with E-state index in [0.717, 1.165) is 10.1 Å². The van der Waals surface area contributed by atoms with Gasteiger partial charge in [0.1, 0.15) is 18.2 Å². The highest BCUT2D eigenvalue weighted by atomic mass is 19.1. The molecular weight excluding hydrogens is 416 g/mol. The number of hydrogen-bond acceptors (Lipinski definition) is 3. The average Bonchev–Trinajstić information content (AvgIpc) is 2.78. The smallest absolute Gasteiger partial charge is 0.257 e. The molecule has 0 bridgehead atoms. The third-order valence-electron chi connectivity index (χ3n) is 5.16. The van der Waals surface area contributed by atoms with Crippen molar-refractivity contribution in [3.05, 3.63) is 100.0 Å². The molecule has 3 rings (SSSR count). The molecule has 0 aliphatic heterocycles. The number of carbonyl (C=O) groups excluding carboxylic acids is 2. The third-order valence-corrected chi connectivity index (χ3v) is 5.16. The van der Waals surface area contributed by atoms with Crippen LogP contribution in [0, 0.1) is 11.6 Å². The maximum Gasteiger partial charge on any atom is 0.257 e. The van der Waals surface area contributed by atoms with Crippen molar-refractivity contribution >= 4 is 17.5 Å². The van der Waals surface area contributed by atoms with Crippen LogP contribution in [-0.4, -0.2) is 28.3 Å². The van der Waals surface area contributed by atoms with E-state index in [-0.39, 0.29) is 29.9 Å².